The summed E-state index contributed by atoms with van der Waals surface area (Å²) in [6, 6.07) is 27.0. The number of hydrogen-bond acceptors (Lipinski definition) is 3. The topological polar surface area (TPSA) is 50.4 Å². The molecular formula is C21H20N2O2. The molecule has 2 N–H and O–H groups in total. The van der Waals surface area contributed by atoms with Crippen LogP contribution in [0.3, 0.4) is 0 Å². The van der Waals surface area contributed by atoms with Gasteiger partial charge in [-0.25, -0.2) is 5.43 Å². The highest BCUT2D eigenvalue weighted by Crippen LogP contribution is 2.14. The van der Waals surface area contributed by atoms with Crippen molar-refractivity contribution in [1.29, 1.82) is 0 Å². The van der Waals surface area contributed by atoms with Crippen molar-refractivity contribution in [3.05, 3.63) is 102 Å². The molecule has 4 nitrogen and oxygen atoms in total. The number of carbonyl (C=O) groups excluding carboxylic acids is 1. The average Bonchev–Trinajstić information content (AvgIpc) is 2.69. The normalized spacial score (nSPS) is 10.2. The maximum absolute atomic E-state index is 11.9. The fourth-order valence-electron chi connectivity index (χ4n) is 2.33. The van der Waals surface area contributed by atoms with E-state index in [1.54, 1.807) is 12.1 Å². The van der Waals surface area contributed by atoms with E-state index in [1.807, 2.05) is 72.8 Å². The van der Waals surface area contributed by atoms with Gasteiger partial charge < -0.3 is 4.74 Å². The Morgan fingerprint density at radius 2 is 1.40 bits per heavy atom. The maximum atomic E-state index is 11.9. The van der Waals surface area contributed by atoms with Gasteiger partial charge in [-0.1, -0.05) is 60.7 Å². The minimum absolute atomic E-state index is 0.150. The van der Waals surface area contributed by atoms with Crippen molar-refractivity contribution in [2.45, 2.75) is 13.2 Å². The van der Waals surface area contributed by atoms with Gasteiger partial charge in [-0.3, -0.25) is 10.2 Å². The Labute approximate surface area is 147 Å². The Morgan fingerprint density at radius 3 is 2.08 bits per heavy atom. The van der Waals surface area contributed by atoms with E-state index in [0.717, 1.165) is 16.9 Å². The minimum Gasteiger partial charge on any atom is -0.489 e. The summed E-state index contributed by atoms with van der Waals surface area (Å²) in [6.07, 6.45) is 0. The van der Waals surface area contributed by atoms with E-state index in [2.05, 4.69) is 10.9 Å². The molecule has 3 aromatic rings. The lowest BCUT2D eigenvalue weighted by atomic mass is 10.2. The molecule has 3 aromatic carbocycles. The zero-order valence-corrected chi connectivity index (χ0v) is 13.8. The molecule has 0 aromatic heterocycles. The molecular weight excluding hydrogens is 312 g/mol. The monoisotopic (exact) mass is 332 g/mol. The number of hydrazine groups is 1. The van der Waals surface area contributed by atoms with Crippen molar-refractivity contribution in [3.63, 3.8) is 0 Å². The molecule has 0 saturated carbocycles. The lowest BCUT2D eigenvalue weighted by Gasteiger charge is -2.09. The van der Waals surface area contributed by atoms with Gasteiger partial charge >= 0.3 is 0 Å². The Balaban J connectivity index is 1.44. The molecule has 25 heavy (non-hydrogen) atoms. The molecule has 3 rings (SSSR count). The Bertz CT molecular complexity index is 787. The summed E-state index contributed by atoms with van der Waals surface area (Å²) in [5.74, 6) is 0.671. The van der Waals surface area contributed by atoms with Crippen LogP contribution in [-0.4, -0.2) is 5.91 Å². The number of ether oxygens (including phenoxy) is 1. The van der Waals surface area contributed by atoms with Gasteiger partial charge in [0.1, 0.15) is 12.4 Å². The second kappa shape index (κ2) is 8.66. The molecule has 0 atom stereocenters. The SMILES string of the molecule is O=C(NNCc1ccc(OCc2ccccc2)cc1)c1ccccc1. The summed E-state index contributed by atoms with van der Waals surface area (Å²) in [5, 5.41) is 0. The predicted octanol–water partition coefficient (Wildman–Crippen LogP) is 3.70. The molecule has 0 aliphatic carbocycles. The standard InChI is InChI=1S/C21H20N2O2/c24-21(19-9-5-2-6-10-19)23-22-15-17-11-13-20(14-12-17)25-16-18-7-3-1-4-8-18/h1-14,22H,15-16H2,(H,23,24). The van der Waals surface area contributed by atoms with E-state index >= 15 is 0 Å². The first kappa shape index (κ1) is 16.7. The van der Waals surface area contributed by atoms with Crippen LogP contribution in [0.15, 0.2) is 84.9 Å². The Hall–Kier alpha value is -3.11. The highest BCUT2D eigenvalue weighted by atomic mass is 16.5. The third kappa shape index (κ3) is 5.19. The van der Waals surface area contributed by atoms with Crippen LogP contribution in [0.2, 0.25) is 0 Å². The van der Waals surface area contributed by atoms with Crippen LogP contribution in [0.1, 0.15) is 21.5 Å². The first-order valence-corrected chi connectivity index (χ1v) is 8.15. The molecule has 0 unspecified atom stereocenters. The summed E-state index contributed by atoms with van der Waals surface area (Å²) in [6.45, 7) is 1.09. The third-order valence-electron chi connectivity index (χ3n) is 3.70. The summed E-state index contributed by atoms with van der Waals surface area (Å²) in [7, 11) is 0. The number of benzene rings is 3. The molecule has 0 fully saturated rings. The smallest absolute Gasteiger partial charge is 0.265 e. The Morgan fingerprint density at radius 1 is 0.760 bits per heavy atom. The van der Waals surface area contributed by atoms with Gasteiger partial charge in [0.15, 0.2) is 0 Å². The van der Waals surface area contributed by atoms with Crippen molar-refractivity contribution in [1.82, 2.24) is 10.9 Å². The first-order valence-electron chi connectivity index (χ1n) is 8.15. The van der Waals surface area contributed by atoms with E-state index in [9.17, 15) is 4.79 Å². The molecule has 1 amide bonds. The van der Waals surface area contributed by atoms with E-state index in [0.29, 0.717) is 18.7 Å². The molecule has 0 heterocycles. The number of hydrogen-bond donors (Lipinski definition) is 2. The molecule has 0 aliphatic rings. The summed E-state index contributed by atoms with van der Waals surface area (Å²) in [5.41, 5.74) is 8.44. The van der Waals surface area contributed by atoms with Crippen molar-refractivity contribution in [2.24, 2.45) is 0 Å². The number of carbonyl (C=O) groups is 1. The molecule has 126 valence electrons. The van der Waals surface area contributed by atoms with Crippen molar-refractivity contribution in [3.8, 4) is 5.75 Å². The van der Waals surface area contributed by atoms with Crippen molar-refractivity contribution < 1.29 is 9.53 Å². The van der Waals surface area contributed by atoms with E-state index < -0.39 is 0 Å². The molecule has 0 saturated heterocycles. The largest absolute Gasteiger partial charge is 0.489 e. The van der Waals surface area contributed by atoms with Crippen LogP contribution in [0.5, 0.6) is 5.75 Å². The zero-order valence-electron chi connectivity index (χ0n) is 13.8. The lowest BCUT2D eigenvalue weighted by molar-refractivity contribution is 0.0932. The highest BCUT2D eigenvalue weighted by Gasteiger charge is 2.03. The minimum atomic E-state index is -0.150. The second-order valence-corrected chi connectivity index (χ2v) is 5.59. The van der Waals surface area contributed by atoms with Gasteiger partial charge in [-0.15, -0.1) is 0 Å². The van der Waals surface area contributed by atoms with Gasteiger partial charge in [0.2, 0.25) is 0 Å². The summed E-state index contributed by atoms with van der Waals surface area (Å²) >= 11 is 0. The average molecular weight is 332 g/mol. The maximum Gasteiger partial charge on any atom is 0.265 e. The third-order valence-corrected chi connectivity index (χ3v) is 3.70. The summed E-state index contributed by atoms with van der Waals surface area (Å²) in [4.78, 5) is 11.9. The van der Waals surface area contributed by atoms with Crippen LogP contribution in [0.4, 0.5) is 0 Å². The van der Waals surface area contributed by atoms with Crippen LogP contribution in [0, 0.1) is 0 Å². The fraction of sp³-hybridized carbons (Fsp3) is 0.0952. The molecule has 4 heteroatoms. The predicted molar refractivity (Wildman–Crippen MR) is 98.0 cm³/mol. The van der Waals surface area contributed by atoms with E-state index in [4.69, 9.17) is 4.74 Å². The zero-order chi connectivity index (χ0) is 17.3. The van der Waals surface area contributed by atoms with Gasteiger partial charge in [-0.2, -0.15) is 0 Å². The number of rotatable bonds is 7. The molecule has 0 spiro atoms. The van der Waals surface area contributed by atoms with Gasteiger partial charge in [0.05, 0.1) is 0 Å². The highest BCUT2D eigenvalue weighted by molar-refractivity contribution is 5.93. The van der Waals surface area contributed by atoms with Gasteiger partial charge in [0.25, 0.3) is 5.91 Å². The van der Waals surface area contributed by atoms with Crippen molar-refractivity contribution in [2.75, 3.05) is 0 Å². The molecule has 0 aliphatic heterocycles. The first-order chi connectivity index (χ1) is 12.3. The summed E-state index contributed by atoms with van der Waals surface area (Å²) < 4.78 is 5.76. The fourth-order valence-corrected chi connectivity index (χ4v) is 2.33. The van der Waals surface area contributed by atoms with Crippen LogP contribution < -0.4 is 15.6 Å². The second-order valence-electron chi connectivity index (χ2n) is 5.59. The Kier molecular flexibility index (Phi) is 5.80. The number of nitrogens with one attached hydrogen (secondary N) is 2. The van der Waals surface area contributed by atoms with Crippen LogP contribution >= 0.6 is 0 Å². The van der Waals surface area contributed by atoms with E-state index in [1.165, 1.54) is 0 Å². The molecule has 0 radical (unpaired) electrons. The van der Waals surface area contributed by atoms with Gasteiger partial charge in [-0.05, 0) is 35.4 Å². The van der Waals surface area contributed by atoms with Crippen LogP contribution in [0.25, 0.3) is 0 Å². The quantitative estimate of drug-likeness (QED) is 0.649. The van der Waals surface area contributed by atoms with Crippen LogP contribution in [-0.2, 0) is 13.2 Å². The number of amides is 1. The molecule has 0 bridgehead atoms. The van der Waals surface area contributed by atoms with Crippen molar-refractivity contribution >= 4 is 5.91 Å². The van der Waals surface area contributed by atoms with E-state index in [-0.39, 0.29) is 5.91 Å². The van der Waals surface area contributed by atoms with Gasteiger partial charge in [0, 0.05) is 12.1 Å². The lowest BCUT2D eigenvalue weighted by Crippen LogP contribution is -2.36.